The van der Waals surface area contributed by atoms with Crippen LogP contribution in [0.5, 0.6) is 0 Å². The summed E-state index contributed by atoms with van der Waals surface area (Å²) in [5.41, 5.74) is 1.67. The third-order valence-corrected chi connectivity index (χ3v) is 5.25. The van der Waals surface area contributed by atoms with Crippen molar-refractivity contribution in [3.8, 4) is 0 Å². The number of amides is 4. The minimum Gasteiger partial charge on any atom is -0.352 e. The highest BCUT2D eigenvalue weighted by atomic mass is 16.2. The van der Waals surface area contributed by atoms with Crippen LogP contribution in [-0.2, 0) is 16.1 Å². The molecule has 140 valence electrons. The van der Waals surface area contributed by atoms with Crippen molar-refractivity contribution in [3.05, 3.63) is 29.8 Å². The van der Waals surface area contributed by atoms with Crippen LogP contribution in [0, 0.1) is 5.92 Å². The highest BCUT2D eigenvalue weighted by molar-refractivity contribution is 5.98. The number of hydrogen-bond acceptors (Lipinski definition) is 3. The topological polar surface area (TPSA) is 90.5 Å². The summed E-state index contributed by atoms with van der Waals surface area (Å²) in [5, 5.41) is 8.70. The Kier molecular flexibility index (Phi) is 5.44. The second-order valence-corrected chi connectivity index (χ2v) is 7.09. The molecule has 2 heterocycles. The van der Waals surface area contributed by atoms with Crippen LogP contribution in [0.15, 0.2) is 24.3 Å². The lowest BCUT2D eigenvalue weighted by Gasteiger charge is -2.32. The van der Waals surface area contributed by atoms with Gasteiger partial charge in [0, 0.05) is 24.7 Å². The largest absolute Gasteiger partial charge is 0.352 e. The molecule has 26 heavy (non-hydrogen) atoms. The van der Waals surface area contributed by atoms with Gasteiger partial charge in [-0.2, -0.15) is 0 Å². The zero-order chi connectivity index (χ0) is 18.7. The number of hydrogen-bond donors (Lipinski definition) is 3. The van der Waals surface area contributed by atoms with E-state index in [1.54, 1.807) is 4.90 Å². The molecule has 0 radical (unpaired) electrons. The van der Waals surface area contributed by atoms with E-state index in [4.69, 9.17) is 0 Å². The molecule has 2 aliphatic heterocycles. The summed E-state index contributed by atoms with van der Waals surface area (Å²) in [6.07, 6.45) is 2.00. The minimum absolute atomic E-state index is 0.0183. The molecule has 7 nitrogen and oxygen atoms in total. The van der Waals surface area contributed by atoms with E-state index in [1.165, 1.54) is 0 Å². The van der Waals surface area contributed by atoms with Crippen LogP contribution in [-0.4, -0.2) is 41.4 Å². The van der Waals surface area contributed by atoms with Crippen LogP contribution in [0.2, 0.25) is 0 Å². The van der Waals surface area contributed by atoms with Gasteiger partial charge in [-0.15, -0.1) is 0 Å². The number of fused-ring (bicyclic) bond motifs is 1. The van der Waals surface area contributed by atoms with E-state index < -0.39 is 6.04 Å². The van der Waals surface area contributed by atoms with Crippen molar-refractivity contribution in [2.45, 2.75) is 51.7 Å². The molecule has 0 saturated carbocycles. The molecule has 7 heteroatoms. The average molecular weight is 358 g/mol. The first-order valence-corrected chi connectivity index (χ1v) is 9.22. The number of nitrogens with one attached hydrogen (secondary N) is 3. The van der Waals surface area contributed by atoms with Crippen molar-refractivity contribution in [3.63, 3.8) is 0 Å². The van der Waals surface area contributed by atoms with Gasteiger partial charge in [0.1, 0.15) is 6.04 Å². The van der Waals surface area contributed by atoms with Crippen molar-refractivity contribution in [1.82, 2.24) is 15.5 Å². The minimum atomic E-state index is -0.537. The van der Waals surface area contributed by atoms with Gasteiger partial charge in [0.25, 0.3) is 0 Å². The molecule has 1 aromatic rings. The Labute approximate surface area is 153 Å². The fourth-order valence-corrected chi connectivity index (χ4v) is 3.54. The number of anilines is 1. The first kappa shape index (κ1) is 18.2. The SMILES string of the molecule is CCC(C)C1C(=O)Nc2ccccc2CN1C(=O)NCC1CCC(=O)N1. The van der Waals surface area contributed by atoms with E-state index in [0.717, 1.165) is 24.1 Å². The monoisotopic (exact) mass is 358 g/mol. The molecule has 0 aromatic heterocycles. The van der Waals surface area contributed by atoms with E-state index in [-0.39, 0.29) is 29.8 Å². The number of urea groups is 1. The summed E-state index contributed by atoms with van der Waals surface area (Å²) < 4.78 is 0. The van der Waals surface area contributed by atoms with E-state index in [9.17, 15) is 14.4 Å². The van der Waals surface area contributed by atoms with E-state index in [1.807, 2.05) is 38.1 Å². The maximum Gasteiger partial charge on any atom is 0.318 e. The summed E-state index contributed by atoms with van der Waals surface area (Å²) >= 11 is 0. The standard InChI is InChI=1S/C19H26N4O3/c1-3-12(2)17-18(25)22-15-7-5-4-6-13(15)11-23(17)19(26)20-10-14-8-9-16(24)21-14/h4-7,12,14,17H,3,8-11H2,1-2H3,(H,20,26)(H,21,24)(H,22,25). The highest BCUT2D eigenvalue weighted by Crippen LogP contribution is 2.27. The second kappa shape index (κ2) is 7.76. The summed E-state index contributed by atoms with van der Waals surface area (Å²) in [6.45, 7) is 4.74. The number of carbonyl (C=O) groups is 3. The first-order valence-electron chi connectivity index (χ1n) is 9.22. The molecule has 3 N–H and O–H groups in total. The summed E-state index contributed by atoms with van der Waals surface area (Å²) in [5.74, 6) is -0.111. The summed E-state index contributed by atoms with van der Waals surface area (Å²) in [7, 11) is 0. The fourth-order valence-electron chi connectivity index (χ4n) is 3.54. The van der Waals surface area contributed by atoms with Crippen LogP contribution < -0.4 is 16.0 Å². The fraction of sp³-hybridized carbons (Fsp3) is 0.526. The molecular formula is C19H26N4O3. The smallest absolute Gasteiger partial charge is 0.318 e. The van der Waals surface area contributed by atoms with Gasteiger partial charge in [0.2, 0.25) is 11.8 Å². The van der Waals surface area contributed by atoms with Crippen molar-refractivity contribution >= 4 is 23.5 Å². The molecule has 3 rings (SSSR count). The lowest BCUT2D eigenvalue weighted by molar-refractivity contribution is -0.122. The number of benzene rings is 1. The van der Waals surface area contributed by atoms with Gasteiger partial charge in [0.05, 0.1) is 6.54 Å². The zero-order valence-electron chi connectivity index (χ0n) is 15.2. The maximum atomic E-state index is 12.9. The third kappa shape index (κ3) is 3.81. The van der Waals surface area contributed by atoms with E-state index in [0.29, 0.717) is 19.5 Å². The Morgan fingerprint density at radius 3 is 2.81 bits per heavy atom. The van der Waals surface area contributed by atoms with Gasteiger partial charge in [-0.25, -0.2) is 4.79 Å². The molecule has 1 fully saturated rings. The zero-order valence-corrected chi connectivity index (χ0v) is 15.2. The van der Waals surface area contributed by atoms with Crippen LogP contribution in [0.25, 0.3) is 0 Å². The van der Waals surface area contributed by atoms with Crippen molar-refractivity contribution in [2.24, 2.45) is 5.92 Å². The maximum absolute atomic E-state index is 12.9. The number of carbonyl (C=O) groups excluding carboxylic acids is 3. The van der Waals surface area contributed by atoms with Crippen molar-refractivity contribution in [2.75, 3.05) is 11.9 Å². The van der Waals surface area contributed by atoms with Gasteiger partial charge in [-0.1, -0.05) is 38.5 Å². The van der Waals surface area contributed by atoms with Gasteiger partial charge in [0.15, 0.2) is 0 Å². The molecule has 2 aliphatic rings. The van der Waals surface area contributed by atoms with Gasteiger partial charge in [-0.3, -0.25) is 9.59 Å². The van der Waals surface area contributed by atoms with Crippen molar-refractivity contribution < 1.29 is 14.4 Å². The van der Waals surface area contributed by atoms with Gasteiger partial charge in [-0.05, 0) is 24.0 Å². The van der Waals surface area contributed by atoms with Gasteiger partial charge >= 0.3 is 6.03 Å². The normalized spacial score (nSPS) is 23.5. The molecule has 1 aromatic carbocycles. The van der Waals surface area contributed by atoms with Crippen LogP contribution >= 0.6 is 0 Å². The Morgan fingerprint density at radius 1 is 1.35 bits per heavy atom. The predicted octanol–water partition coefficient (Wildman–Crippen LogP) is 1.84. The Morgan fingerprint density at radius 2 is 2.12 bits per heavy atom. The molecule has 4 amide bonds. The lowest BCUT2D eigenvalue weighted by Crippen LogP contribution is -2.53. The summed E-state index contributed by atoms with van der Waals surface area (Å²) in [6, 6.07) is 6.70. The highest BCUT2D eigenvalue weighted by Gasteiger charge is 2.36. The quantitative estimate of drug-likeness (QED) is 0.767. The van der Waals surface area contributed by atoms with Crippen LogP contribution in [0.3, 0.4) is 0 Å². The van der Waals surface area contributed by atoms with E-state index in [2.05, 4.69) is 16.0 Å². The molecule has 3 unspecified atom stereocenters. The number of rotatable bonds is 4. The number of para-hydroxylation sites is 1. The Bertz CT molecular complexity index is 706. The Hall–Kier alpha value is -2.57. The third-order valence-electron chi connectivity index (χ3n) is 5.25. The van der Waals surface area contributed by atoms with Crippen molar-refractivity contribution in [1.29, 1.82) is 0 Å². The average Bonchev–Trinajstić information content (AvgIpc) is 2.98. The Balaban J connectivity index is 1.78. The molecule has 1 saturated heterocycles. The molecular weight excluding hydrogens is 332 g/mol. The summed E-state index contributed by atoms with van der Waals surface area (Å²) in [4.78, 5) is 38.6. The molecule has 0 bridgehead atoms. The van der Waals surface area contributed by atoms with Gasteiger partial charge < -0.3 is 20.9 Å². The van der Waals surface area contributed by atoms with Crippen LogP contribution in [0.4, 0.5) is 10.5 Å². The van der Waals surface area contributed by atoms with Crippen LogP contribution in [0.1, 0.15) is 38.7 Å². The predicted molar refractivity (Wildman–Crippen MR) is 98.4 cm³/mol. The second-order valence-electron chi connectivity index (χ2n) is 7.09. The number of nitrogens with zero attached hydrogens (tertiary/aromatic N) is 1. The molecule has 0 spiro atoms. The molecule has 0 aliphatic carbocycles. The lowest BCUT2D eigenvalue weighted by atomic mass is 9.97. The first-order chi connectivity index (χ1) is 12.5. The molecule has 3 atom stereocenters. The van der Waals surface area contributed by atoms with E-state index >= 15 is 0 Å².